The van der Waals surface area contributed by atoms with Gasteiger partial charge in [0.2, 0.25) is 5.95 Å². The lowest BCUT2D eigenvalue weighted by molar-refractivity contribution is -0.118. The minimum atomic E-state index is -1.24. The van der Waals surface area contributed by atoms with E-state index in [1.165, 1.54) is 12.1 Å². The summed E-state index contributed by atoms with van der Waals surface area (Å²) in [6.07, 6.45) is 3.59. The molecule has 0 aliphatic carbocycles. The monoisotopic (exact) mass is 405 g/mol. The van der Waals surface area contributed by atoms with E-state index in [0.29, 0.717) is 11.2 Å². The Balaban J connectivity index is 1.49. The van der Waals surface area contributed by atoms with Crippen molar-refractivity contribution < 1.29 is 19.8 Å². The van der Waals surface area contributed by atoms with Gasteiger partial charge in [-0.15, -0.1) is 0 Å². The SMILES string of the molecule is O=C(N[C@@H](CO)C(=O)Nc1nc2ccccc2[nH]1)c1cc(-n2cccc2)ccc1O. The normalized spacial score (nSPS) is 11.9. The maximum atomic E-state index is 12.7. The van der Waals surface area contributed by atoms with E-state index in [1.54, 1.807) is 29.1 Å². The van der Waals surface area contributed by atoms with Crippen molar-refractivity contribution in [2.45, 2.75) is 6.04 Å². The van der Waals surface area contributed by atoms with E-state index in [1.807, 2.05) is 30.3 Å². The number of hydrogen-bond acceptors (Lipinski definition) is 5. The number of amides is 2. The first-order valence-corrected chi connectivity index (χ1v) is 9.19. The minimum Gasteiger partial charge on any atom is -0.507 e. The Bertz CT molecular complexity index is 1170. The molecule has 2 aromatic carbocycles. The van der Waals surface area contributed by atoms with Crippen LogP contribution in [0.1, 0.15) is 10.4 Å². The highest BCUT2D eigenvalue weighted by molar-refractivity contribution is 6.02. The molecule has 1 atom stereocenters. The van der Waals surface area contributed by atoms with Crippen LogP contribution in [0.4, 0.5) is 5.95 Å². The van der Waals surface area contributed by atoms with Gasteiger partial charge < -0.3 is 25.1 Å². The molecule has 4 aromatic rings. The zero-order valence-corrected chi connectivity index (χ0v) is 15.7. The molecule has 2 heterocycles. The molecular weight excluding hydrogens is 386 g/mol. The number of aromatic nitrogens is 3. The number of imidazole rings is 1. The Hall–Kier alpha value is -4.11. The van der Waals surface area contributed by atoms with Crippen LogP contribution in [0.15, 0.2) is 67.0 Å². The standard InChI is InChI=1S/C21H19N5O4/c27-12-17(20(30)25-21-23-15-5-1-2-6-16(15)24-21)22-19(29)14-11-13(7-8-18(14)28)26-9-3-4-10-26/h1-11,17,27-28H,12H2,(H,22,29)(H2,23,24,25,30)/t17-/m0/s1. The number of hydrogen-bond donors (Lipinski definition) is 5. The van der Waals surface area contributed by atoms with Crippen molar-refractivity contribution in [2.24, 2.45) is 0 Å². The molecule has 2 aromatic heterocycles. The zero-order valence-electron chi connectivity index (χ0n) is 15.7. The third kappa shape index (κ3) is 3.87. The average molecular weight is 405 g/mol. The van der Waals surface area contributed by atoms with Crippen LogP contribution < -0.4 is 10.6 Å². The van der Waals surface area contributed by atoms with E-state index in [-0.39, 0.29) is 17.3 Å². The van der Waals surface area contributed by atoms with Gasteiger partial charge in [0.1, 0.15) is 11.8 Å². The van der Waals surface area contributed by atoms with Crippen LogP contribution in [0.3, 0.4) is 0 Å². The van der Waals surface area contributed by atoms with E-state index < -0.39 is 24.5 Å². The van der Waals surface area contributed by atoms with Crippen molar-refractivity contribution in [3.05, 3.63) is 72.6 Å². The fraction of sp³-hybridized carbons (Fsp3) is 0.0952. The number of anilines is 1. The van der Waals surface area contributed by atoms with Crippen LogP contribution in [0, 0.1) is 0 Å². The second-order valence-corrected chi connectivity index (χ2v) is 6.59. The fourth-order valence-corrected chi connectivity index (χ4v) is 3.02. The van der Waals surface area contributed by atoms with Gasteiger partial charge in [0.15, 0.2) is 0 Å². The molecule has 0 spiro atoms. The molecule has 152 valence electrons. The van der Waals surface area contributed by atoms with Gasteiger partial charge in [0.25, 0.3) is 11.8 Å². The Morgan fingerprint density at radius 3 is 2.60 bits per heavy atom. The van der Waals surface area contributed by atoms with Crippen molar-refractivity contribution >= 4 is 28.8 Å². The van der Waals surface area contributed by atoms with Crippen LogP contribution >= 0.6 is 0 Å². The number of aromatic amines is 1. The van der Waals surface area contributed by atoms with Crippen LogP contribution in [0.25, 0.3) is 16.7 Å². The number of aromatic hydroxyl groups is 1. The first-order chi connectivity index (χ1) is 14.5. The second-order valence-electron chi connectivity index (χ2n) is 6.59. The topological polar surface area (TPSA) is 132 Å². The molecule has 0 unspecified atom stereocenters. The van der Waals surface area contributed by atoms with Gasteiger partial charge in [-0.25, -0.2) is 4.98 Å². The fourth-order valence-electron chi connectivity index (χ4n) is 3.02. The number of aliphatic hydroxyl groups excluding tert-OH is 1. The quantitative estimate of drug-likeness (QED) is 0.334. The summed E-state index contributed by atoms with van der Waals surface area (Å²) in [5, 5.41) is 24.7. The first kappa shape index (κ1) is 19.2. The number of para-hydroxylation sites is 2. The molecule has 5 N–H and O–H groups in total. The number of benzene rings is 2. The maximum Gasteiger partial charge on any atom is 0.255 e. The molecule has 0 saturated carbocycles. The summed E-state index contributed by atoms with van der Waals surface area (Å²) in [6.45, 7) is -0.629. The molecule has 9 nitrogen and oxygen atoms in total. The van der Waals surface area contributed by atoms with Gasteiger partial charge in [0.05, 0.1) is 23.2 Å². The van der Waals surface area contributed by atoms with Crippen molar-refractivity contribution in [1.29, 1.82) is 0 Å². The highest BCUT2D eigenvalue weighted by Gasteiger charge is 2.23. The predicted octanol–water partition coefficient (Wildman–Crippen LogP) is 1.79. The van der Waals surface area contributed by atoms with Crippen molar-refractivity contribution in [2.75, 3.05) is 11.9 Å². The molecule has 0 aliphatic heterocycles. The number of H-pyrrole nitrogens is 1. The molecule has 9 heteroatoms. The number of carbonyl (C=O) groups excluding carboxylic acids is 2. The van der Waals surface area contributed by atoms with Crippen LogP contribution in [0.5, 0.6) is 5.75 Å². The molecule has 30 heavy (non-hydrogen) atoms. The summed E-state index contributed by atoms with van der Waals surface area (Å²) in [6, 6.07) is 14.2. The highest BCUT2D eigenvalue weighted by Crippen LogP contribution is 2.21. The number of phenols is 1. The minimum absolute atomic E-state index is 0.0174. The van der Waals surface area contributed by atoms with E-state index in [2.05, 4.69) is 20.6 Å². The third-order valence-corrected chi connectivity index (χ3v) is 4.56. The lowest BCUT2D eigenvalue weighted by Crippen LogP contribution is -2.46. The summed E-state index contributed by atoms with van der Waals surface area (Å²) >= 11 is 0. The summed E-state index contributed by atoms with van der Waals surface area (Å²) < 4.78 is 1.77. The lowest BCUT2D eigenvalue weighted by Gasteiger charge is -2.16. The Kier molecular flexibility index (Phi) is 5.19. The number of rotatable bonds is 6. The number of phenolic OH excluding ortho intramolecular Hbond substituents is 1. The van der Waals surface area contributed by atoms with Gasteiger partial charge in [-0.05, 0) is 42.5 Å². The molecule has 2 amide bonds. The molecular formula is C21H19N5O4. The first-order valence-electron chi connectivity index (χ1n) is 9.19. The van der Waals surface area contributed by atoms with Crippen molar-refractivity contribution in [1.82, 2.24) is 19.9 Å². The highest BCUT2D eigenvalue weighted by atomic mass is 16.3. The summed E-state index contributed by atoms with van der Waals surface area (Å²) in [5.74, 6) is -1.38. The van der Waals surface area contributed by atoms with E-state index >= 15 is 0 Å². The lowest BCUT2D eigenvalue weighted by atomic mass is 10.1. The maximum absolute atomic E-state index is 12.7. The predicted molar refractivity (Wildman–Crippen MR) is 110 cm³/mol. The number of fused-ring (bicyclic) bond motifs is 1. The van der Waals surface area contributed by atoms with E-state index in [0.717, 1.165) is 5.52 Å². The largest absolute Gasteiger partial charge is 0.507 e. The Labute approximate surface area is 171 Å². The number of nitrogens with zero attached hydrogens (tertiary/aromatic N) is 2. The Morgan fingerprint density at radius 2 is 1.87 bits per heavy atom. The zero-order chi connectivity index (χ0) is 21.1. The molecule has 0 saturated heterocycles. The third-order valence-electron chi connectivity index (χ3n) is 4.56. The molecule has 0 fully saturated rings. The van der Waals surface area contributed by atoms with Gasteiger partial charge in [-0.3, -0.25) is 14.9 Å². The van der Waals surface area contributed by atoms with Crippen LogP contribution in [0.2, 0.25) is 0 Å². The van der Waals surface area contributed by atoms with Gasteiger partial charge in [0, 0.05) is 18.1 Å². The number of carbonyl (C=O) groups is 2. The summed E-state index contributed by atoms with van der Waals surface area (Å²) in [5.41, 5.74) is 2.06. The average Bonchev–Trinajstić information content (AvgIpc) is 3.41. The number of nitrogens with one attached hydrogen (secondary N) is 3. The molecule has 0 radical (unpaired) electrons. The molecule has 4 rings (SSSR count). The van der Waals surface area contributed by atoms with Gasteiger partial charge in [-0.1, -0.05) is 12.1 Å². The van der Waals surface area contributed by atoms with Gasteiger partial charge in [-0.2, -0.15) is 0 Å². The smallest absolute Gasteiger partial charge is 0.255 e. The van der Waals surface area contributed by atoms with Crippen LogP contribution in [-0.4, -0.2) is 49.2 Å². The van der Waals surface area contributed by atoms with Crippen molar-refractivity contribution in [3.8, 4) is 11.4 Å². The van der Waals surface area contributed by atoms with Gasteiger partial charge >= 0.3 is 0 Å². The molecule has 0 bridgehead atoms. The summed E-state index contributed by atoms with van der Waals surface area (Å²) in [7, 11) is 0. The summed E-state index contributed by atoms with van der Waals surface area (Å²) in [4.78, 5) is 32.4. The second kappa shape index (κ2) is 8.10. The van der Waals surface area contributed by atoms with Crippen LogP contribution in [-0.2, 0) is 4.79 Å². The van der Waals surface area contributed by atoms with E-state index in [9.17, 15) is 19.8 Å². The molecule has 0 aliphatic rings. The Morgan fingerprint density at radius 1 is 1.10 bits per heavy atom. The number of aliphatic hydroxyl groups is 1. The van der Waals surface area contributed by atoms with Crippen molar-refractivity contribution in [3.63, 3.8) is 0 Å². The van der Waals surface area contributed by atoms with E-state index in [4.69, 9.17) is 0 Å².